The summed E-state index contributed by atoms with van der Waals surface area (Å²) in [5, 5.41) is 0. The van der Waals surface area contributed by atoms with E-state index in [1.54, 1.807) is 7.11 Å². The summed E-state index contributed by atoms with van der Waals surface area (Å²) in [4.78, 5) is 4.41. The van der Waals surface area contributed by atoms with Gasteiger partial charge in [-0.1, -0.05) is 0 Å². The minimum Gasteiger partial charge on any atom is -0.397 e. The molecule has 0 aliphatic rings. The number of hydrogen-bond donors (Lipinski definition) is 1. The van der Waals surface area contributed by atoms with E-state index in [1.165, 1.54) is 0 Å². The van der Waals surface area contributed by atoms with Crippen LogP contribution < -0.4 is 5.73 Å². The first-order valence-corrected chi connectivity index (χ1v) is 5.43. The number of aromatic nitrogens is 2. The zero-order valence-electron chi connectivity index (χ0n) is 8.40. The predicted octanol–water partition coefficient (Wildman–Crippen LogP) is 1.87. The molecule has 4 nitrogen and oxygen atoms in total. The lowest BCUT2D eigenvalue weighted by atomic mass is 10.3. The number of hydrogen-bond acceptors (Lipinski definition) is 3. The second kappa shape index (κ2) is 4.20. The van der Waals surface area contributed by atoms with E-state index in [0.29, 0.717) is 6.61 Å². The molecule has 0 radical (unpaired) electrons. The van der Waals surface area contributed by atoms with Crippen molar-refractivity contribution in [3.8, 4) is 0 Å². The Morgan fingerprint density at radius 1 is 1.60 bits per heavy atom. The van der Waals surface area contributed by atoms with Gasteiger partial charge in [-0.3, -0.25) is 0 Å². The van der Waals surface area contributed by atoms with Crippen molar-refractivity contribution in [2.75, 3.05) is 19.5 Å². The van der Waals surface area contributed by atoms with Gasteiger partial charge in [-0.25, -0.2) is 4.98 Å². The summed E-state index contributed by atoms with van der Waals surface area (Å²) in [5.41, 5.74) is 7.52. The van der Waals surface area contributed by atoms with Gasteiger partial charge in [0.1, 0.15) is 15.9 Å². The molecular weight excluding hydrogens is 258 g/mol. The van der Waals surface area contributed by atoms with Crippen LogP contribution in [0.15, 0.2) is 22.9 Å². The van der Waals surface area contributed by atoms with Crippen LogP contribution >= 0.6 is 15.9 Å². The van der Waals surface area contributed by atoms with Crippen LogP contribution in [-0.2, 0) is 11.2 Å². The highest BCUT2D eigenvalue weighted by Crippen LogP contribution is 2.24. The van der Waals surface area contributed by atoms with E-state index in [1.807, 2.05) is 22.7 Å². The van der Waals surface area contributed by atoms with Gasteiger partial charge < -0.3 is 14.9 Å². The fourth-order valence-electron chi connectivity index (χ4n) is 1.55. The molecule has 5 heteroatoms. The average molecular weight is 270 g/mol. The van der Waals surface area contributed by atoms with Crippen LogP contribution in [0.3, 0.4) is 0 Å². The smallest absolute Gasteiger partial charge is 0.134 e. The average Bonchev–Trinajstić information content (AvgIpc) is 2.54. The number of nitrogen functional groups attached to an aromatic ring is 1. The Labute approximate surface area is 96.2 Å². The van der Waals surface area contributed by atoms with Crippen molar-refractivity contribution >= 4 is 27.1 Å². The SMILES string of the molecule is COCCc1nc(Br)c2c(N)cccn12. The molecule has 0 aromatic carbocycles. The van der Waals surface area contributed by atoms with Gasteiger partial charge in [0, 0.05) is 19.7 Å². The number of halogens is 1. The molecular formula is C10H12BrN3O. The van der Waals surface area contributed by atoms with Gasteiger partial charge in [-0.2, -0.15) is 0 Å². The number of rotatable bonds is 3. The molecule has 2 rings (SSSR count). The number of nitrogens with zero attached hydrogens (tertiary/aromatic N) is 2. The van der Waals surface area contributed by atoms with Gasteiger partial charge in [0.2, 0.25) is 0 Å². The minimum absolute atomic E-state index is 0.653. The molecule has 0 aliphatic heterocycles. The Morgan fingerprint density at radius 3 is 3.13 bits per heavy atom. The highest BCUT2D eigenvalue weighted by Gasteiger charge is 2.10. The molecule has 0 saturated carbocycles. The molecule has 2 heterocycles. The zero-order chi connectivity index (χ0) is 10.8. The van der Waals surface area contributed by atoms with Gasteiger partial charge >= 0.3 is 0 Å². The lowest BCUT2D eigenvalue weighted by Crippen LogP contribution is -2.00. The zero-order valence-corrected chi connectivity index (χ0v) is 9.99. The minimum atomic E-state index is 0.653. The summed E-state index contributed by atoms with van der Waals surface area (Å²) in [6.07, 6.45) is 2.72. The molecule has 0 amide bonds. The number of methoxy groups -OCH3 is 1. The quantitative estimate of drug-likeness (QED) is 0.926. The van der Waals surface area contributed by atoms with Gasteiger partial charge in [0.05, 0.1) is 12.3 Å². The molecule has 15 heavy (non-hydrogen) atoms. The summed E-state index contributed by atoms with van der Waals surface area (Å²) in [7, 11) is 1.68. The normalized spacial score (nSPS) is 11.1. The van der Waals surface area contributed by atoms with E-state index in [2.05, 4.69) is 20.9 Å². The number of ether oxygens (including phenoxy) is 1. The molecule has 0 aliphatic carbocycles. The first kappa shape index (κ1) is 10.4. The summed E-state index contributed by atoms with van der Waals surface area (Å²) < 4.78 is 7.80. The molecule has 2 aromatic rings. The second-order valence-corrected chi connectivity index (χ2v) is 3.99. The summed E-state index contributed by atoms with van der Waals surface area (Å²) in [6, 6.07) is 3.77. The first-order valence-electron chi connectivity index (χ1n) is 4.64. The Morgan fingerprint density at radius 2 is 2.40 bits per heavy atom. The third-order valence-electron chi connectivity index (χ3n) is 2.26. The summed E-state index contributed by atoms with van der Waals surface area (Å²) in [6.45, 7) is 0.653. The van der Waals surface area contributed by atoms with E-state index in [-0.39, 0.29) is 0 Å². The van der Waals surface area contributed by atoms with Crippen molar-refractivity contribution < 1.29 is 4.74 Å². The molecule has 0 fully saturated rings. The largest absolute Gasteiger partial charge is 0.397 e. The molecule has 0 bridgehead atoms. The van der Waals surface area contributed by atoms with Gasteiger partial charge in [0.15, 0.2) is 0 Å². The maximum Gasteiger partial charge on any atom is 0.134 e. The standard InChI is InChI=1S/C10H12BrN3O/c1-15-6-4-8-13-10(11)9-7(12)3-2-5-14(8)9/h2-3,5H,4,6,12H2,1H3. The van der Waals surface area contributed by atoms with E-state index in [0.717, 1.165) is 28.1 Å². The van der Waals surface area contributed by atoms with Crippen LogP contribution in [0.25, 0.3) is 5.52 Å². The number of pyridine rings is 1. The van der Waals surface area contributed by atoms with Crippen molar-refractivity contribution in [3.63, 3.8) is 0 Å². The Kier molecular flexibility index (Phi) is 2.93. The number of nitrogens with two attached hydrogens (primary N) is 1. The first-order chi connectivity index (χ1) is 7.24. The molecule has 0 unspecified atom stereocenters. The van der Waals surface area contributed by atoms with Crippen LogP contribution in [0.5, 0.6) is 0 Å². The third-order valence-corrected chi connectivity index (χ3v) is 2.81. The van der Waals surface area contributed by atoms with Crippen molar-refractivity contribution in [2.24, 2.45) is 0 Å². The molecule has 80 valence electrons. The lowest BCUT2D eigenvalue weighted by molar-refractivity contribution is 0.200. The monoisotopic (exact) mass is 269 g/mol. The summed E-state index contributed by atoms with van der Waals surface area (Å²) in [5.74, 6) is 0.950. The predicted molar refractivity (Wildman–Crippen MR) is 62.9 cm³/mol. The number of anilines is 1. The van der Waals surface area contributed by atoms with Gasteiger partial charge in [-0.15, -0.1) is 0 Å². The summed E-state index contributed by atoms with van der Waals surface area (Å²) >= 11 is 3.41. The van der Waals surface area contributed by atoms with E-state index in [9.17, 15) is 0 Å². The fraction of sp³-hybridized carbons (Fsp3) is 0.300. The lowest BCUT2D eigenvalue weighted by Gasteiger charge is -2.01. The molecule has 0 saturated heterocycles. The van der Waals surface area contributed by atoms with E-state index >= 15 is 0 Å². The van der Waals surface area contributed by atoms with Gasteiger partial charge in [-0.05, 0) is 28.1 Å². The highest BCUT2D eigenvalue weighted by molar-refractivity contribution is 9.10. The van der Waals surface area contributed by atoms with Crippen molar-refractivity contribution in [1.82, 2.24) is 9.38 Å². The van der Waals surface area contributed by atoms with Crippen molar-refractivity contribution in [1.29, 1.82) is 0 Å². The maximum atomic E-state index is 5.88. The van der Waals surface area contributed by atoms with Gasteiger partial charge in [0.25, 0.3) is 0 Å². The molecule has 2 aromatic heterocycles. The van der Waals surface area contributed by atoms with Crippen molar-refractivity contribution in [2.45, 2.75) is 6.42 Å². The number of fused-ring (bicyclic) bond motifs is 1. The van der Waals surface area contributed by atoms with Crippen LogP contribution in [0, 0.1) is 0 Å². The van der Waals surface area contributed by atoms with E-state index in [4.69, 9.17) is 10.5 Å². The van der Waals surface area contributed by atoms with E-state index < -0.39 is 0 Å². The maximum absolute atomic E-state index is 5.88. The second-order valence-electron chi connectivity index (χ2n) is 3.24. The fourth-order valence-corrected chi connectivity index (χ4v) is 2.17. The van der Waals surface area contributed by atoms with Crippen LogP contribution in [-0.4, -0.2) is 23.1 Å². The number of imidazole rings is 1. The third kappa shape index (κ3) is 1.85. The molecule has 0 atom stereocenters. The molecule has 0 spiro atoms. The Hall–Kier alpha value is -1.07. The van der Waals surface area contributed by atoms with Crippen LogP contribution in [0.2, 0.25) is 0 Å². The van der Waals surface area contributed by atoms with Crippen LogP contribution in [0.1, 0.15) is 5.82 Å². The topological polar surface area (TPSA) is 52.5 Å². The Balaban J connectivity index is 2.53. The molecule has 2 N–H and O–H groups in total. The Bertz CT molecular complexity index is 481. The highest BCUT2D eigenvalue weighted by atomic mass is 79.9. The van der Waals surface area contributed by atoms with Crippen molar-refractivity contribution in [3.05, 3.63) is 28.8 Å². The van der Waals surface area contributed by atoms with Crippen LogP contribution in [0.4, 0.5) is 5.69 Å².